The highest BCUT2D eigenvalue weighted by Crippen LogP contribution is 2.29. The molecular weight excluding hydrogens is 406 g/mol. The number of ether oxygens (including phenoxy) is 2. The molecule has 0 aliphatic carbocycles. The molecular formula is C22H21NO6S. The van der Waals surface area contributed by atoms with Crippen LogP contribution < -0.4 is 4.31 Å². The lowest BCUT2D eigenvalue weighted by Gasteiger charge is -2.25. The largest absolute Gasteiger partial charge is 0.468 e. The second kappa shape index (κ2) is 8.96. The molecule has 0 aromatic heterocycles. The van der Waals surface area contributed by atoms with Gasteiger partial charge in [-0.25, -0.2) is 13.2 Å². The van der Waals surface area contributed by atoms with Crippen molar-refractivity contribution in [1.29, 1.82) is 0 Å². The molecule has 3 aromatic carbocycles. The fourth-order valence-corrected chi connectivity index (χ4v) is 4.47. The van der Waals surface area contributed by atoms with E-state index in [1.54, 1.807) is 37.3 Å². The SMILES string of the molecule is CCOC(=O)c1ccccc1N(CC(=O)OC)S(=O)(=O)c1ccc2ccccc2c1. The lowest BCUT2D eigenvalue weighted by Crippen LogP contribution is -2.37. The molecule has 0 saturated carbocycles. The fraction of sp³-hybridized carbons (Fsp3) is 0.182. The van der Waals surface area contributed by atoms with E-state index < -0.39 is 28.5 Å². The Balaban J connectivity index is 2.16. The average molecular weight is 427 g/mol. The summed E-state index contributed by atoms with van der Waals surface area (Å²) < 4.78 is 37.7. The molecule has 156 valence electrons. The number of carbonyl (C=O) groups is 2. The van der Waals surface area contributed by atoms with Crippen molar-refractivity contribution in [2.75, 3.05) is 24.6 Å². The number of anilines is 1. The zero-order valence-electron chi connectivity index (χ0n) is 16.6. The maximum atomic E-state index is 13.5. The molecule has 3 aromatic rings. The van der Waals surface area contributed by atoms with Crippen LogP contribution in [-0.2, 0) is 24.3 Å². The van der Waals surface area contributed by atoms with E-state index in [0.29, 0.717) is 0 Å². The van der Waals surface area contributed by atoms with Crippen molar-refractivity contribution in [2.45, 2.75) is 11.8 Å². The highest BCUT2D eigenvalue weighted by molar-refractivity contribution is 7.92. The van der Waals surface area contributed by atoms with Crippen molar-refractivity contribution in [2.24, 2.45) is 0 Å². The number of nitrogens with zero attached hydrogens (tertiary/aromatic N) is 1. The summed E-state index contributed by atoms with van der Waals surface area (Å²) in [7, 11) is -3.03. The predicted molar refractivity (Wildman–Crippen MR) is 113 cm³/mol. The van der Waals surface area contributed by atoms with Crippen molar-refractivity contribution in [3.8, 4) is 0 Å². The number of esters is 2. The number of benzene rings is 3. The number of hydrogen-bond donors (Lipinski definition) is 0. The normalized spacial score (nSPS) is 11.1. The van der Waals surface area contributed by atoms with Gasteiger partial charge in [0.25, 0.3) is 10.0 Å². The van der Waals surface area contributed by atoms with E-state index in [9.17, 15) is 18.0 Å². The first-order valence-electron chi connectivity index (χ1n) is 9.23. The van der Waals surface area contributed by atoms with Crippen molar-refractivity contribution in [1.82, 2.24) is 0 Å². The number of methoxy groups -OCH3 is 1. The van der Waals surface area contributed by atoms with Crippen LogP contribution >= 0.6 is 0 Å². The molecule has 3 rings (SSSR count). The van der Waals surface area contributed by atoms with Crippen LogP contribution in [-0.4, -0.2) is 40.6 Å². The van der Waals surface area contributed by atoms with Gasteiger partial charge in [0.15, 0.2) is 0 Å². The van der Waals surface area contributed by atoms with Crippen LogP contribution in [0.25, 0.3) is 10.8 Å². The standard InChI is InChI=1S/C22H21NO6S/c1-3-29-22(25)19-10-6-7-11-20(19)23(15-21(24)28-2)30(26,27)18-13-12-16-8-4-5-9-17(16)14-18/h4-14H,3,15H2,1-2H3. The Morgan fingerprint density at radius 2 is 1.60 bits per heavy atom. The van der Waals surface area contributed by atoms with E-state index in [-0.39, 0.29) is 22.8 Å². The molecule has 30 heavy (non-hydrogen) atoms. The molecule has 0 N–H and O–H groups in total. The maximum Gasteiger partial charge on any atom is 0.340 e. The van der Waals surface area contributed by atoms with E-state index in [1.807, 2.05) is 12.1 Å². The Kier molecular flexibility index (Phi) is 6.37. The van der Waals surface area contributed by atoms with Crippen molar-refractivity contribution in [3.05, 3.63) is 72.3 Å². The first-order chi connectivity index (χ1) is 14.4. The summed E-state index contributed by atoms with van der Waals surface area (Å²) in [6, 6.07) is 18.1. The summed E-state index contributed by atoms with van der Waals surface area (Å²) in [4.78, 5) is 24.4. The minimum atomic E-state index is -4.20. The zero-order valence-corrected chi connectivity index (χ0v) is 17.4. The maximum absolute atomic E-state index is 13.5. The van der Waals surface area contributed by atoms with E-state index in [0.717, 1.165) is 15.1 Å². The van der Waals surface area contributed by atoms with Gasteiger partial charge >= 0.3 is 11.9 Å². The second-order valence-electron chi connectivity index (χ2n) is 6.33. The van der Waals surface area contributed by atoms with Gasteiger partial charge in [-0.05, 0) is 42.0 Å². The van der Waals surface area contributed by atoms with Gasteiger partial charge in [0.1, 0.15) is 6.54 Å². The van der Waals surface area contributed by atoms with E-state index >= 15 is 0 Å². The van der Waals surface area contributed by atoms with Gasteiger partial charge < -0.3 is 9.47 Å². The zero-order chi connectivity index (χ0) is 21.7. The summed E-state index contributed by atoms with van der Waals surface area (Å²) >= 11 is 0. The lowest BCUT2D eigenvalue weighted by molar-refractivity contribution is -0.138. The highest BCUT2D eigenvalue weighted by atomic mass is 32.2. The molecule has 0 unspecified atom stereocenters. The molecule has 0 aliphatic rings. The van der Waals surface area contributed by atoms with Crippen LogP contribution in [0.3, 0.4) is 0 Å². The Hall–Kier alpha value is -3.39. The molecule has 0 atom stereocenters. The van der Waals surface area contributed by atoms with Crippen LogP contribution in [0.5, 0.6) is 0 Å². The first kappa shape index (κ1) is 21.3. The van der Waals surface area contributed by atoms with Gasteiger partial charge in [0.2, 0.25) is 0 Å². The number of fused-ring (bicyclic) bond motifs is 1. The minimum absolute atomic E-state index is 0.0104. The molecule has 0 bridgehead atoms. The molecule has 0 radical (unpaired) electrons. The van der Waals surface area contributed by atoms with Gasteiger partial charge in [-0.1, -0.05) is 42.5 Å². The van der Waals surface area contributed by atoms with E-state index in [1.165, 1.54) is 31.4 Å². The molecule has 0 saturated heterocycles. The molecule has 0 heterocycles. The van der Waals surface area contributed by atoms with Crippen molar-refractivity contribution in [3.63, 3.8) is 0 Å². The second-order valence-corrected chi connectivity index (χ2v) is 8.20. The predicted octanol–water partition coefficient (Wildman–Crippen LogP) is 3.38. The molecule has 0 spiro atoms. The van der Waals surface area contributed by atoms with Gasteiger partial charge in [-0.3, -0.25) is 9.10 Å². The molecule has 0 amide bonds. The minimum Gasteiger partial charge on any atom is -0.468 e. The van der Waals surface area contributed by atoms with Crippen molar-refractivity contribution >= 4 is 38.4 Å². The van der Waals surface area contributed by atoms with Gasteiger partial charge in [0.05, 0.1) is 29.9 Å². The summed E-state index contributed by atoms with van der Waals surface area (Å²) in [5.74, 6) is -1.45. The third-order valence-electron chi connectivity index (χ3n) is 4.48. The average Bonchev–Trinajstić information content (AvgIpc) is 2.77. The highest BCUT2D eigenvalue weighted by Gasteiger charge is 2.31. The third kappa shape index (κ3) is 4.28. The van der Waals surface area contributed by atoms with Crippen LogP contribution in [0.15, 0.2) is 71.6 Å². The monoisotopic (exact) mass is 427 g/mol. The molecule has 8 heteroatoms. The summed E-state index contributed by atoms with van der Waals surface area (Å²) in [6.07, 6.45) is 0. The number of para-hydroxylation sites is 1. The Bertz CT molecular complexity index is 1190. The summed E-state index contributed by atoms with van der Waals surface area (Å²) in [5, 5.41) is 1.61. The first-order valence-corrected chi connectivity index (χ1v) is 10.7. The topological polar surface area (TPSA) is 90.0 Å². The number of carbonyl (C=O) groups excluding carboxylic acids is 2. The van der Waals surface area contributed by atoms with E-state index in [4.69, 9.17) is 9.47 Å². The Labute approximate surface area is 174 Å². The van der Waals surface area contributed by atoms with Gasteiger partial charge in [-0.2, -0.15) is 0 Å². The quantitative estimate of drug-likeness (QED) is 0.537. The Morgan fingerprint density at radius 3 is 2.30 bits per heavy atom. The Morgan fingerprint density at radius 1 is 0.933 bits per heavy atom. The number of sulfonamides is 1. The molecule has 0 fully saturated rings. The van der Waals surface area contributed by atoms with Gasteiger partial charge in [0, 0.05) is 0 Å². The van der Waals surface area contributed by atoms with Crippen LogP contribution in [0.2, 0.25) is 0 Å². The lowest BCUT2D eigenvalue weighted by atomic mass is 10.1. The molecule has 7 nitrogen and oxygen atoms in total. The van der Waals surface area contributed by atoms with Crippen molar-refractivity contribution < 1.29 is 27.5 Å². The summed E-state index contributed by atoms with van der Waals surface area (Å²) in [6.45, 7) is 1.18. The number of rotatable bonds is 7. The van der Waals surface area contributed by atoms with Crippen LogP contribution in [0, 0.1) is 0 Å². The molecule has 0 aliphatic heterocycles. The third-order valence-corrected chi connectivity index (χ3v) is 6.23. The fourth-order valence-electron chi connectivity index (χ4n) is 3.01. The summed E-state index contributed by atoms with van der Waals surface area (Å²) in [5.41, 5.74) is 0.0714. The van der Waals surface area contributed by atoms with Crippen LogP contribution in [0.1, 0.15) is 17.3 Å². The van der Waals surface area contributed by atoms with Crippen LogP contribution in [0.4, 0.5) is 5.69 Å². The van der Waals surface area contributed by atoms with E-state index in [2.05, 4.69) is 0 Å². The van der Waals surface area contributed by atoms with Gasteiger partial charge in [-0.15, -0.1) is 0 Å². The smallest absolute Gasteiger partial charge is 0.340 e. The number of hydrogen-bond acceptors (Lipinski definition) is 6.